The summed E-state index contributed by atoms with van der Waals surface area (Å²) < 4.78 is 18.1. The maximum Gasteiger partial charge on any atom is 0.337 e. The number of rotatable bonds is 10. The molecule has 3 aromatic carbocycles. The van der Waals surface area contributed by atoms with Crippen LogP contribution in [-0.4, -0.2) is 43.1 Å². The molecule has 1 unspecified atom stereocenters. The average molecular weight is 621 g/mol. The van der Waals surface area contributed by atoms with E-state index in [1.165, 1.54) is 0 Å². The van der Waals surface area contributed by atoms with Crippen LogP contribution in [0.25, 0.3) is 22.3 Å². The van der Waals surface area contributed by atoms with Crippen LogP contribution in [0.2, 0.25) is 0 Å². The van der Waals surface area contributed by atoms with E-state index in [1.54, 1.807) is 52.8 Å². The van der Waals surface area contributed by atoms with E-state index in [0.29, 0.717) is 52.3 Å². The number of esters is 2. The molecule has 0 aliphatic carbocycles. The minimum absolute atomic E-state index is 0.141. The molecule has 0 fully saturated rings. The summed E-state index contributed by atoms with van der Waals surface area (Å²) >= 11 is 0. The third kappa shape index (κ3) is 6.82. The fourth-order valence-corrected chi connectivity index (χ4v) is 5.89. The Morgan fingerprint density at radius 3 is 2.15 bits per heavy atom. The Bertz CT molecular complexity index is 1870. The van der Waals surface area contributed by atoms with Gasteiger partial charge in [-0.25, -0.2) is 9.59 Å². The van der Waals surface area contributed by atoms with Crippen molar-refractivity contribution in [1.82, 2.24) is 10.2 Å². The first-order chi connectivity index (χ1) is 22.1. The summed E-state index contributed by atoms with van der Waals surface area (Å²) in [4.78, 5) is 43.5. The number of hydrogen-bond donors (Lipinski definition) is 1. The number of para-hydroxylation sites is 1. The van der Waals surface area contributed by atoms with Crippen LogP contribution >= 0.6 is 0 Å². The normalized spacial score (nSPS) is 15.0. The van der Waals surface area contributed by atoms with Gasteiger partial charge in [0.25, 0.3) is 0 Å². The summed E-state index contributed by atoms with van der Waals surface area (Å²) in [5.41, 5.74) is 4.58. The highest BCUT2D eigenvalue weighted by Gasteiger charge is 2.40. The second kappa shape index (κ2) is 14.0. The van der Waals surface area contributed by atoms with Gasteiger partial charge in [-0.05, 0) is 53.3 Å². The lowest BCUT2D eigenvalue weighted by molar-refractivity contribution is -0.143. The second-order valence-electron chi connectivity index (χ2n) is 11.9. The maximum absolute atomic E-state index is 14.0. The van der Waals surface area contributed by atoms with E-state index in [2.05, 4.69) is 22.3 Å². The number of carbonyl (C=O) groups is 2. The van der Waals surface area contributed by atoms with Gasteiger partial charge in [0.2, 0.25) is 0 Å². The first-order valence-corrected chi connectivity index (χ1v) is 15.5. The van der Waals surface area contributed by atoms with Gasteiger partial charge in [0.05, 0.1) is 28.6 Å². The largest absolute Gasteiger partial charge is 0.461 e. The minimum Gasteiger partial charge on any atom is -0.461 e. The number of allylic oxidation sites excluding steroid dienone is 2. The van der Waals surface area contributed by atoms with Crippen LogP contribution in [0.4, 0.5) is 0 Å². The van der Waals surface area contributed by atoms with Gasteiger partial charge in [0, 0.05) is 41.2 Å². The SMILES string of the molecule is CC1=C(C(=O)OCCN(C)Cc2ccccc2)C(c2cccc3c(=O)c(C)c(-c4ccccc4)oc23)C(C(=O)OC(C)C)=C(C)N1. The van der Waals surface area contributed by atoms with Crippen molar-refractivity contribution in [2.75, 3.05) is 20.2 Å². The lowest BCUT2D eigenvalue weighted by Gasteiger charge is -2.31. The van der Waals surface area contributed by atoms with Gasteiger partial charge in [-0.15, -0.1) is 0 Å². The van der Waals surface area contributed by atoms with Crippen molar-refractivity contribution in [2.24, 2.45) is 0 Å². The Hall–Kier alpha value is -4.95. The van der Waals surface area contributed by atoms with Crippen LogP contribution in [0.3, 0.4) is 0 Å². The summed E-state index contributed by atoms with van der Waals surface area (Å²) in [6.07, 6.45) is -0.395. The number of nitrogens with zero attached hydrogens (tertiary/aromatic N) is 1. The fourth-order valence-electron chi connectivity index (χ4n) is 5.89. The van der Waals surface area contributed by atoms with E-state index in [9.17, 15) is 14.4 Å². The lowest BCUT2D eigenvalue weighted by atomic mass is 9.79. The highest BCUT2D eigenvalue weighted by molar-refractivity contribution is 6.01. The van der Waals surface area contributed by atoms with E-state index in [1.807, 2.05) is 55.6 Å². The summed E-state index contributed by atoms with van der Waals surface area (Å²) in [5, 5.41) is 3.56. The topological polar surface area (TPSA) is 98.1 Å². The van der Waals surface area contributed by atoms with Crippen molar-refractivity contribution >= 4 is 22.9 Å². The van der Waals surface area contributed by atoms with Crippen LogP contribution in [-0.2, 0) is 25.6 Å². The van der Waals surface area contributed by atoms with Gasteiger partial charge < -0.3 is 19.2 Å². The van der Waals surface area contributed by atoms with Gasteiger partial charge in [0.1, 0.15) is 18.0 Å². The molecule has 0 amide bonds. The smallest absolute Gasteiger partial charge is 0.337 e. The molecule has 238 valence electrons. The highest BCUT2D eigenvalue weighted by Crippen LogP contribution is 2.42. The summed E-state index contributed by atoms with van der Waals surface area (Å²) in [5.74, 6) is -1.63. The molecule has 8 heteroatoms. The molecule has 4 aromatic rings. The third-order valence-electron chi connectivity index (χ3n) is 8.07. The molecule has 1 aromatic heterocycles. The molecule has 46 heavy (non-hydrogen) atoms. The van der Waals surface area contributed by atoms with Crippen molar-refractivity contribution in [2.45, 2.75) is 53.2 Å². The Labute approximate surface area is 269 Å². The standard InChI is InChI=1S/C38H40N2O6/c1-23(2)45-38(43)32-26(5)39-25(4)31(37(42)44-21-20-40(6)22-27-14-9-7-10-15-27)33(32)29-18-13-19-30-34(41)24(3)35(46-36(29)30)28-16-11-8-12-17-28/h7-19,23,33,39H,20-22H2,1-6H3. The van der Waals surface area contributed by atoms with Gasteiger partial charge >= 0.3 is 11.9 Å². The highest BCUT2D eigenvalue weighted by atomic mass is 16.5. The van der Waals surface area contributed by atoms with Crippen LogP contribution in [0.5, 0.6) is 0 Å². The van der Waals surface area contributed by atoms with Gasteiger partial charge in [-0.3, -0.25) is 9.69 Å². The lowest BCUT2D eigenvalue weighted by Crippen LogP contribution is -2.34. The average Bonchev–Trinajstić information content (AvgIpc) is 3.02. The number of dihydropyridines is 1. The summed E-state index contributed by atoms with van der Waals surface area (Å²) in [6.45, 7) is 10.2. The quantitative estimate of drug-likeness (QED) is 0.197. The number of fused-ring (bicyclic) bond motifs is 1. The molecule has 1 atom stereocenters. The predicted molar refractivity (Wildman–Crippen MR) is 179 cm³/mol. The molecule has 2 heterocycles. The van der Waals surface area contributed by atoms with Crippen molar-refractivity contribution in [1.29, 1.82) is 0 Å². The molecule has 0 saturated carbocycles. The van der Waals surface area contributed by atoms with E-state index in [-0.39, 0.29) is 23.2 Å². The molecule has 1 aliphatic rings. The minimum atomic E-state index is -0.916. The van der Waals surface area contributed by atoms with E-state index < -0.39 is 24.0 Å². The molecular formula is C38H40N2O6. The monoisotopic (exact) mass is 620 g/mol. The maximum atomic E-state index is 14.0. The molecule has 0 spiro atoms. The van der Waals surface area contributed by atoms with Crippen molar-refractivity contribution < 1.29 is 23.5 Å². The Morgan fingerprint density at radius 2 is 1.50 bits per heavy atom. The number of likely N-dealkylation sites (N-methyl/N-ethyl adjacent to an activating group) is 1. The van der Waals surface area contributed by atoms with Crippen LogP contribution in [0, 0.1) is 6.92 Å². The van der Waals surface area contributed by atoms with E-state index >= 15 is 0 Å². The Balaban J connectivity index is 1.57. The van der Waals surface area contributed by atoms with E-state index in [4.69, 9.17) is 13.9 Å². The summed E-state index contributed by atoms with van der Waals surface area (Å²) in [6, 6.07) is 24.7. The van der Waals surface area contributed by atoms with E-state index in [0.717, 1.165) is 11.1 Å². The van der Waals surface area contributed by atoms with Gasteiger partial charge in [-0.2, -0.15) is 0 Å². The molecule has 5 rings (SSSR count). The van der Waals surface area contributed by atoms with Crippen LogP contribution < -0.4 is 10.7 Å². The van der Waals surface area contributed by atoms with Crippen LogP contribution in [0.1, 0.15) is 50.3 Å². The fraction of sp³-hybridized carbons (Fsp3) is 0.289. The molecule has 1 aliphatic heterocycles. The van der Waals surface area contributed by atoms with Crippen molar-refractivity contribution in [3.8, 4) is 11.3 Å². The molecule has 0 radical (unpaired) electrons. The summed E-state index contributed by atoms with van der Waals surface area (Å²) in [7, 11) is 1.97. The van der Waals surface area contributed by atoms with Crippen LogP contribution in [0.15, 0.2) is 111 Å². The first kappa shape index (κ1) is 32.4. The Kier molecular flexibility index (Phi) is 9.87. The Morgan fingerprint density at radius 1 is 0.870 bits per heavy atom. The number of hydrogen-bond acceptors (Lipinski definition) is 8. The van der Waals surface area contributed by atoms with Gasteiger partial charge in [0.15, 0.2) is 5.43 Å². The van der Waals surface area contributed by atoms with Crippen molar-refractivity contribution in [3.05, 3.63) is 128 Å². The molecular weight excluding hydrogens is 580 g/mol. The predicted octanol–water partition coefficient (Wildman–Crippen LogP) is 6.63. The zero-order chi connectivity index (χ0) is 33.0. The van der Waals surface area contributed by atoms with Crippen molar-refractivity contribution in [3.63, 3.8) is 0 Å². The zero-order valence-corrected chi connectivity index (χ0v) is 27.2. The number of ether oxygens (including phenoxy) is 2. The molecule has 8 nitrogen and oxygen atoms in total. The number of nitrogens with one attached hydrogen (secondary N) is 1. The molecule has 0 saturated heterocycles. The first-order valence-electron chi connectivity index (χ1n) is 15.5. The molecule has 1 N–H and O–H groups in total. The zero-order valence-electron chi connectivity index (χ0n) is 27.2. The number of benzene rings is 3. The van der Waals surface area contributed by atoms with Gasteiger partial charge in [-0.1, -0.05) is 72.8 Å². The third-order valence-corrected chi connectivity index (χ3v) is 8.07. The second-order valence-corrected chi connectivity index (χ2v) is 11.9. The molecule has 0 bridgehead atoms. The number of carbonyl (C=O) groups excluding carboxylic acids is 2.